The number of carbonyl (C=O) groups excluding carboxylic acids is 1. The number of halogens is 1. The van der Waals surface area contributed by atoms with Crippen LogP contribution in [0.15, 0.2) is 15.9 Å². The summed E-state index contributed by atoms with van der Waals surface area (Å²) < 4.78 is 1.03. The first-order chi connectivity index (χ1) is 9.06. The molecule has 1 aromatic heterocycles. The summed E-state index contributed by atoms with van der Waals surface area (Å²) in [5.41, 5.74) is 0. The number of amides is 2. The van der Waals surface area contributed by atoms with Gasteiger partial charge < -0.3 is 15.3 Å². The van der Waals surface area contributed by atoms with Crippen LogP contribution in [0.4, 0.5) is 4.79 Å². The molecular weight excluding hydrogens is 332 g/mol. The maximum Gasteiger partial charge on any atom is 0.317 e. The van der Waals surface area contributed by atoms with Gasteiger partial charge >= 0.3 is 12.0 Å². The van der Waals surface area contributed by atoms with Gasteiger partial charge in [-0.3, -0.25) is 4.79 Å². The van der Waals surface area contributed by atoms with E-state index < -0.39 is 5.97 Å². The number of likely N-dealkylation sites (tertiary alicyclic amines) is 1. The highest BCUT2D eigenvalue weighted by molar-refractivity contribution is 9.11. The SMILES string of the molecule is O=C(O)CC1CCCN1C(=O)NCc1ccc(Br)s1. The van der Waals surface area contributed by atoms with Gasteiger partial charge in [0.1, 0.15) is 0 Å². The van der Waals surface area contributed by atoms with E-state index in [2.05, 4.69) is 21.2 Å². The van der Waals surface area contributed by atoms with Crippen LogP contribution in [0, 0.1) is 0 Å². The minimum absolute atomic E-state index is 0.0258. The van der Waals surface area contributed by atoms with E-state index in [-0.39, 0.29) is 18.5 Å². The number of hydrogen-bond acceptors (Lipinski definition) is 3. The second kappa shape index (κ2) is 6.38. The molecule has 1 unspecified atom stereocenters. The molecule has 7 heteroatoms. The van der Waals surface area contributed by atoms with Gasteiger partial charge in [-0.1, -0.05) is 0 Å². The fraction of sp³-hybridized carbons (Fsp3) is 0.500. The molecule has 5 nitrogen and oxygen atoms in total. The van der Waals surface area contributed by atoms with E-state index in [0.717, 1.165) is 21.5 Å². The number of urea groups is 1. The fourth-order valence-corrected chi connectivity index (χ4v) is 3.65. The van der Waals surface area contributed by atoms with Crippen molar-refractivity contribution in [1.29, 1.82) is 0 Å². The number of aliphatic carboxylic acids is 1. The van der Waals surface area contributed by atoms with Gasteiger partial charge in [-0.25, -0.2) is 4.79 Å². The molecule has 2 N–H and O–H groups in total. The van der Waals surface area contributed by atoms with E-state index in [4.69, 9.17) is 5.11 Å². The van der Waals surface area contributed by atoms with Crippen molar-refractivity contribution in [2.24, 2.45) is 0 Å². The zero-order chi connectivity index (χ0) is 13.8. The number of carboxylic acid groups (broad SMARTS) is 1. The van der Waals surface area contributed by atoms with Gasteiger partial charge in [-0.15, -0.1) is 11.3 Å². The molecule has 0 aromatic carbocycles. The standard InChI is InChI=1S/C12H15BrN2O3S/c13-10-4-3-9(19-10)7-14-12(18)15-5-1-2-8(15)6-11(16)17/h3-4,8H,1-2,5-7H2,(H,14,18)(H,16,17). The smallest absolute Gasteiger partial charge is 0.317 e. The zero-order valence-electron chi connectivity index (χ0n) is 10.3. The molecular formula is C12H15BrN2O3S. The Morgan fingerprint density at radius 2 is 2.32 bits per heavy atom. The van der Waals surface area contributed by atoms with E-state index >= 15 is 0 Å². The van der Waals surface area contributed by atoms with Crippen LogP contribution in [0.25, 0.3) is 0 Å². The highest BCUT2D eigenvalue weighted by atomic mass is 79.9. The van der Waals surface area contributed by atoms with Crippen molar-refractivity contribution in [1.82, 2.24) is 10.2 Å². The van der Waals surface area contributed by atoms with Gasteiger partial charge in [0.2, 0.25) is 0 Å². The van der Waals surface area contributed by atoms with Gasteiger partial charge in [0.05, 0.1) is 16.8 Å². The average Bonchev–Trinajstić information content (AvgIpc) is 2.94. The van der Waals surface area contributed by atoms with E-state index in [9.17, 15) is 9.59 Å². The van der Waals surface area contributed by atoms with Crippen molar-refractivity contribution in [3.8, 4) is 0 Å². The van der Waals surface area contributed by atoms with Crippen molar-refractivity contribution in [3.05, 3.63) is 20.8 Å². The van der Waals surface area contributed by atoms with Gasteiger partial charge in [0.15, 0.2) is 0 Å². The quantitative estimate of drug-likeness (QED) is 0.880. The van der Waals surface area contributed by atoms with E-state index in [1.54, 1.807) is 16.2 Å². The third-order valence-corrected chi connectivity index (χ3v) is 4.71. The summed E-state index contributed by atoms with van der Waals surface area (Å²) in [5, 5.41) is 11.7. The van der Waals surface area contributed by atoms with Crippen molar-refractivity contribution >= 4 is 39.3 Å². The first kappa shape index (κ1) is 14.3. The van der Waals surface area contributed by atoms with Crippen LogP contribution >= 0.6 is 27.3 Å². The number of hydrogen-bond donors (Lipinski definition) is 2. The minimum Gasteiger partial charge on any atom is -0.481 e. The molecule has 19 heavy (non-hydrogen) atoms. The third kappa shape index (κ3) is 3.94. The summed E-state index contributed by atoms with van der Waals surface area (Å²) in [5.74, 6) is -0.855. The molecule has 0 saturated carbocycles. The number of nitrogens with zero attached hydrogens (tertiary/aromatic N) is 1. The molecule has 2 amide bonds. The summed E-state index contributed by atoms with van der Waals surface area (Å²) in [6.07, 6.45) is 1.66. The van der Waals surface area contributed by atoms with E-state index in [1.807, 2.05) is 12.1 Å². The summed E-state index contributed by atoms with van der Waals surface area (Å²) >= 11 is 4.95. The third-order valence-electron chi connectivity index (χ3n) is 3.09. The largest absolute Gasteiger partial charge is 0.481 e. The van der Waals surface area contributed by atoms with Crippen LogP contribution < -0.4 is 5.32 Å². The molecule has 0 aliphatic carbocycles. The Bertz CT molecular complexity index is 477. The highest BCUT2D eigenvalue weighted by Crippen LogP contribution is 2.23. The molecule has 0 bridgehead atoms. The van der Waals surface area contributed by atoms with Gasteiger partial charge in [0.25, 0.3) is 0 Å². The van der Waals surface area contributed by atoms with Crippen LogP contribution in [0.3, 0.4) is 0 Å². The predicted molar refractivity (Wildman–Crippen MR) is 76.2 cm³/mol. The second-order valence-electron chi connectivity index (χ2n) is 4.45. The number of thiophene rings is 1. The predicted octanol–water partition coefficient (Wildman–Crippen LogP) is 2.66. The van der Waals surface area contributed by atoms with Crippen molar-refractivity contribution < 1.29 is 14.7 Å². The summed E-state index contributed by atoms with van der Waals surface area (Å²) in [6.45, 7) is 1.11. The minimum atomic E-state index is -0.855. The highest BCUT2D eigenvalue weighted by Gasteiger charge is 2.30. The van der Waals surface area contributed by atoms with Gasteiger partial charge in [0, 0.05) is 17.5 Å². The van der Waals surface area contributed by atoms with Gasteiger partial charge in [-0.05, 0) is 40.9 Å². The Morgan fingerprint density at radius 3 is 2.95 bits per heavy atom. The molecule has 1 saturated heterocycles. The molecule has 1 atom stereocenters. The Hall–Kier alpha value is -1.08. The lowest BCUT2D eigenvalue weighted by atomic mass is 10.1. The molecule has 104 valence electrons. The second-order valence-corrected chi connectivity index (χ2v) is 7.00. The molecule has 0 radical (unpaired) electrons. The Kier molecular flexibility index (Phi) is 4.81. The van der Waals surface area contributed by atoms with Crippen LogP contribution in [0.1, 0.15) is 24.1 Å². The van der Waals surface area contributed by atoms with Gasteiger partial charge in [-0.2, -0.15) is 0 Å². The normalized spacial score (nSPS) is 18.6. The first-order valence-electron chi connectivity index (χ1n) is 6.06. The first-order valence-corrected chi connectivity index (χ1v) is 7.67. The van der Waals surface area contributed by atoms with E-state index in [1.165, 1.54) is 0 Å². The maximum atomic E-state index is 12.0. The summed E-state index contributed by atoms with van der Waals surface area (Å²) in [6, 6.07) is 3.55. The number of carbonyl (C=O) groups is 2. The van der Waals surface area contributed by atoms with Crippen molar-refractivity contribution in [2.45, 2.75) is 31.8 Å². The lowest BCUT2D eigenvalue weighted by Crippen LogP contribution is -2.43. The Labute approximate surface area is 123 Å². The van der Waals surface area contributed by atoms with Crippen molar-refractivity contribution in [3.63, 3.8) is 0 Å². The summed E-state index contributed by atoms with van der Waals surface area (Å²) in [4.78, 5) is 25.5. The van der Waals surface area contributed by atoms with Crippen LogP contribution in [-0.2, 0) is 11.3 Å². The number of carboxylic acids is 1. The maximum absolute atomic E-state index is 12.0. The van der Waals surface area contributed by atoms with Crippen LogP contribution in [-0.4, -0.2) is 34.6 Å². The summed E-state index contributed by atoms with van der Waals surface area (Å²) in [7, 11) is 0. The molecule has 1 fully saturated rings. The van der Waals surface area contributed by atoms with Crippen LogP contribution in [0.5, 0.6) is 0 Å². The molecule has 0 spiro atoms. The lowest BCUT2D eigenvalue weighted by molar-refractivity contribution is -0.137. The van der Waals surface area contributed by atoms with Crippen LogP contribution in [0.2, 0.25) is 0 Å². The lowest BCUT2D eigenvalue weighted by Gasteiger charge is -2.23. The Morgan fingerprint density at radius 1 is 1.53 bits per heavy atom. The molecule has 2 rings (SSSR count). The topological polar surface area (TPSA) is 69.6 Å². The van der Waals surface area contributed by atoms with E-state index in [0.29, 0.717) is 13.1 Å². The zero-order valence-corrected chi connectivity index (χ0v) is 12.7. The average molecular weight is 347 g/mol. The molecule has 1 aromatic rings. The fourth-order valence-electron chi connectivity index (χ4n) is 2.23. The number of nitrogens with one attached hydrogen (secondary N) is 1. The molecule has 1 aliphatic rings. The number of rotatable bonds is 4. The monoisotopic (exact) mass is 346 g/mol. The Balaban J connectivity index is 1.86. The molecule has 1 aliphatic heterocycles. The molecule has 2 heterocycles. The van der Waals surface area contributed by atoms with Crippen molar-refractivity contribution in [2.75, 3.05) is 6.54 Å².